The Balaban J connectivity index is 1.66. The van der Waals surface area contributed by atoms with Crippen LogP contribution in [0.5, 0.6) is 0 Å². The van der Waals surface area contributed by atoms with Crippen LogP contribution in [0.1, 0.15) is 16.8 Å². The van der Waals surface area contributed by atoms with Gasteiger partial charge in [-0.2, -0.15) is 0 Å². The van der Waals surface area contributed by atoms with Gasteiger partial charge in [0.2, 0.25) is 5.96 Å². The van der Waals surface area contributed by atoms with Gasteiger partial charge in [-0.15, -0.1) is 0 Å². The third-order valence-electron chi connectivity index (χ3n) is 3.61. The molecule has 0 amide bonds. The van der Waals surface area contributed by atoms with Gasteiger partial charge in [-0.3, -0.25) is 9.82 Å². The summed E-state index contributed by atoms with van der Waals surface area (Å²) in [6.07, 6.45) is 1.77. The first-order chi connectivity index (χ1) is 10.7. The van der Waals surface area contributed by atoms with Gasteiger partial charge in [-0.05, 0) is 37.1 Å². The number of para-hydroxylation sites is 1. The van der Waals surface area contributed by atoms with Gasteiger partial charge in [0.1, 0.15) is 6.61 Å². The monoisotopic (exact) mass is 296 g/mol. The highest BCUT2D eigenvalue weighted by atomic mass is 16.7. The van der Waals surface area contributed by atoms with E-state index in [0.717, 1.165) is 30.4 Å². The van der Waals surface area contributed by atoms with Crippen molar-refractivity contribution in [3.63, 3.8) is 0 Å². The molecule has 2 heterocycles. The largest absolute Gasteiger partial charge is 0.324 e. The van der Waals surface area contributed by atoms with E-state index in [1.54, 1.807) is 11.3 Å². The number of nitrogens with one attached hydrogen (secondary N) is 1. The number of aliphatic imine (C=N–C) groups is 1. The summed E-state index contributed by atoms with van der Waals surface area (Å²) in [7, 11) is 0. The molecule has 0 radical (unpaired) electrons. The average molecular weight is 296 g/mol. The van der Waals surface area contributed by atoms with Crippen molar-refractivity contribution in [2.24, 2.45) is 4.99 Å². The summed E-state index contributed by atoms with van der Waals surface area (Å²) in [5, 5.41) is 5.20. The summed E-state index contributed by atoms with van der Waals surface area (Å²) in [6, 6.07) is 12.0. The van der Waals surface area contributed by atoms with Crippen molar-refractivity contribution >= 4 is 11.6 Å². The van der Waals surface area contributed by atoms with E-state index >= 15 is 0 Å². The van der Waals surface area contributed by atoms with Crippen molar-refractivity contribution < 1.29 is 4.84 Å². The summed E-state index contributed by atoms with van der Waals surface area (Å²) in [5.41, 5.74) is 4.38. The lowest BCUT2D eigenvalue weighted by Crippen LogP contribution is -2.33. The number of nitrogens with zero attached hydrogens (tertiary/aromatic N) is 3. The van der Waals surface area contributed by atoms with E-state index in [4.69, 9.17) is 4.84 Å². The number of aryl methyl sites for hydroxylation is 2. The van der Waals surface area contributed by atoms with E-state index in [0.29, 0.717) is 6.61 Å². The highest BCUT2D eigenvalue weighted by molar-refractivity contribution is 5.95. The van der Waals surface area contributed by atoms with Crippen LogP contribution in [0.25, 0.3) is 0 Å². The molecule has 0 unspecified atom stereocenters. The zero-order chi connectivity index (χ0) is 15.4. The van der Waals surface area contributed by atoms with Gasteiger partial charge in [-0.25, -0.2) is 10.1 Å². The first-order valence-electron chi connectivity index (χ1n) is 7.42. The molecule has 5 nitrogen and oxygen atoms in total. The molecule has 1 aromatic carbocycles. The second-order valence-electron chi connectivity index (χ2n) is 5.29. The maximum Gasteiger partial charge on any atom is 0.223 e. The number of hydroxylamine groups is 2. The Morgan fingerprint density at radius 1 is 1.14 bits per heavy atom. The van der Waals surface area contributed by atoms with Crippen molar-refractivity contribution in [3.8, 4) is 0 Å². The second-order valence-corrected chi connectivity index (χ2v) is 5.29. The van der Waals surface area contributed by atoms with Gasteiger partial charge < -0.3 is 5.32 Å². The Morgan fingerprint density at radius 2 is 1.95 bits per heavy atom. The fourth-order valence-corrected chi connectivity index (χ4v) is 2.41. The van der Waals surface area contributed by atoms with Gasteiger partial charge in [0.25, 0.3) is 0 Å². The molecule has 1 N–H and O–H groups in total. The van der Waals surface area contributed by atoms with Crippen molar-refractivity contribution in [1.29, 1.82) is 0 Å². The summed E-state index contributed by atoms with van der Waals surface area (Å²) in [4.78, 5) is 14.6. The summed E-state index contributed by atoms with van der Waals surface area (Å²) in [5.74, 6) is 0.758. The van der Waals surface area contributed by atoms with Crippen molar-refractivity contribution in [3.05, 3.63) is 59.4 Å². The molecule has 0 saturated carbocycles. The fourth-order valence-electron chi connectivity index (χ4n) is 2.41. The quantitative estimate of drug-likeness (QED) is 0.942. The molecule has 1 aliphatic heterocycles. The average Bonchev–Trinajstić information content (AvgIpc) is 2.97. The zero-order valence-corrected chi connectivity index (χ0v) is 12.9. The highest BCUT2D eigenvalue weighted by Crippen LogP contribution is 2.21. The van der Waals surface area contributed by atoms with E-state index < -0.39 is 0 Å². The van der Waals surface area contributed by atoms with Crippen LogP contribution in [0.2, 0.25) is 0 Å². The number of hydrogen-bond donors (Lipinski definition) is 1. The molecule has 22 heavy (non-hydrogen) atoms. The van der Waals surface area contributed by atoms with Crippen LogP contribution in [-0.2, 0) is 11.4 Å². The third-order valence-corrected chi connectivity index (χ3v) is 3.61. The molecular formula is C17H20N4O. The smallest absolute Gasteiger partial charge is 0.223 e. The van der Waals surface area contributed by atoms with Crippen LogP contribution < -0.4 is 5.32 Å². The minimum Gasteiger partial charge on any atom is -0.324 e. The Kier molecular flexibility index (Phi) is 4.34. The Labute approximate surface area is 130 Å². The molecule has 0 atom stereocenters. The standard InChI is InChI=1S/C17H20N4O/c1-13-6-5-7-14(2)16(13)20-17-19-10-11-21(17)22-12-15-8-3-4-9-18-15/h3-9H,10-12H2,1-2H3,(H,19,20). The molecule has 114 valence electrons. The molecule has 0 spiro atoms. The number of aromatic nitrogens is 1. The predicted molar refractivity (Wildman–Crippen MR) is 87.6 cm³/mol. The van der Waals surface area contributed by atoms with Crippen LogP contribution in [-0.4, -0.2) is 29.1 Å². The van der Waals surface area contributed by atoms with E-state index in [1.165, 1.54) is 11.1 Å². The van der Waals surface area contributed by atoms with Gasteiger partial charge in [0.15, 0.2) is 0 Å². The number of rotatable bonds is 4. The van der Waals surface area contributed by atoms with Gasteiger partial charge >= 0.3 is 0 Å². The zero-order valence-electron chi connectivity index (χ0n) is 12.9. The van der Waals surface area contributed by atoms with E-state index in [9.17, 15) is 0 Å². The van der Waals surface area contributed by atoms with Crippen LogP contribution in [0.4, 0.5) is 5.69 Å². The van der Waals surface area contributed by atoms with Gasteiger partial charge in [0, 0.05) is 11.9 Å². The molecule has 3 rings (SSSR count). The fraction of sp³-hybridized carbons (Fsp3) is 0.294. The van der Waals surface area contributed by atoms with E-state index in [-0.39, 0.29) is 0 Å². The normalized spacial score (nSPS) is 14.1. The third kappa shape index (κ3) is 3.26. The highest BCUT2D eigenvalue weighted by Gasteiger charge is 2.19. The number of guanidine groups is 1. The number of anilines is 1. The first-order valence-corrected chi connectivity index (χ1v) is 7.42. The Morgan fingerprint density at radius 3 is 2.68 bits per heavy atom. The molecule has 5 heteroatoms. The van der Waals surface area contributed by atoms with Crippen LogP contribution in [0, 0.1) is 13.8 Å². The number of pyridine rings is 1. The maximum atomic E-state index is 5.83. The van der Waals surface area contributed by atoms with Crippen LogP contribution >= 0.6 is 0 Å². The predicted octanol–water partition coefficient (Wildman–Crippen LogP) is 2.91. The SMILES string of the molecule is Cc1cccc(C)c1NC1=NCCN1OCc1ccccn1. The Bertz CT molecular complexity index is 649. The lowest BCUT2D eigenvalue weighted by Gasteiger charge is -2.21. The lowest BCUT2D eigenvalue weighted by atomic mass is 10.1. The molecule has 0 bridgehead atoms. The summed E-state index contributed by atoms with van der Waals surface area (Å²) in [6.45, 7) is 6.09. The molecule has 0 fully saturated rings. The first kappa shape index (κ1) is 14.5. The van der Waals surface area contributed by atoms with Crippen molar-refractivity contribution in [1.82, 2.24) is 10.0 Å². The lowest BCUT2D eigenvalue weighted by molar-refractivity contribution is -0.104. The summed E-state index contributed by atoms with van der Waals surface area (Å²) >= 11 is 0. The molecule has 1 aromatic heterocycles. The van der Waals surface area contributed by atoms with Crippen LogP contribution in [0.3, 0.4) is 0 Å². The van der Waals surface area contributed by atoms with Crippen molar-refractivity contribution in [2.45, 2.75) is 20.5 Å². The Hall–Kier alpha value is -2.40. The minimum absolute atomic E-state index is 0.439. The summed E-state index contributed by atoms with van der Waals surface area (Å²) < 4.78 is 0. The molecule has 2 aromatic rings. The van der Waals surface area contributed by atoms with Crippen molar-refractivity contribution in [2.75, 3.05) is 18.4 Å². The molecule has 0 aliphatic carbocycles. The van der Waals surface area contributed by atoms with Gasteiger partial charge in [0.05, 0.1) is 18.8 Å². The molecule has 1 aliphatic rings. The minimum atomic E-state index is 0.439. The van der Waals surface area contributed by atoms with Gasteiger partial charge in [-0.1, -0.05) is 24.3 Å². The number of hydrogen-bond acceptors (Lipinski definition) is 5. The second kappa shape index (κ2) is 6.58. The molecule has 0 saturated heterocycles. The van der Waals surface area contributed by atoms with E-state index in [2.05, 4.69) is 47.3 Å². The van der Waals surface area contributed by atoms with Crippen LogP contribution in [0.15, 0.2) is 47.6 Å². The topological polar surface area (TPSA) is 49.8 Å². The molecular weight excluding hydrogens is 276 g/mol. The number of benzene rings is 1. The maximum absolute atomic E-state index is 5.83. The van der Waals surface area contributed by atoms with E-state index in [1.807, 2.05) is 18.2 Å².